The first-order valence-corrected chi connectivity index (χ1v) is 6.07. The van der Waals surface area contributed by atoms with Crippen molar-refractivity contribution in [1.29, 1.82) is 0 Å². The maximum Gasteiger partial charge on any atom is 0.0599 e. The second-order valence-electron chi connectivity index (χ2n) is 5.36. The van der Waals surface area contributed by atoms with Crippen molar-refractivity contribution in [2.24, 2.45) is 0 Å². The van der Waals surface area contributed by atoms with Gasteiger partial charge in [-0.2, -0.15) is 0 Å². The SMILES string of the molecule is CCCCN1CC(CO)N(C)CC1(C)C. The summed E-state index contributed by atoms with van der Waals surface area (Å²) in [6.07, 6.45) is 2.50. The molecule has 0 aromatic heterocycles. The van der Waals surface area contributed by atoms with Gasteiger partial charge in [0.25, 0.3) is 0 Å². The molecule has 3 heteroatoms. The summed E-state index contributed by atoms with van der Waals surface area (Å²) in [6.45, 7) is 10.3. The molecule has 1 N–H and O–H groups in total. The molecular formula is C12H26N2O. The third kappa shape index (κ3) is 3.16. The third-order valence-corrected chi connectivity index (χ3v) is 3.54. The second kappa shape index (κ2) is 5.28. The van der Waals surface area contributed by atoms with Crippen molar-refractivity contribution in [2.75, 3.05) is 33.3 Å². The molecule has 0 amide bonds. The zero-order valence-corrected chi connectivity index (χ0v) is 10.7. The highest BCUT2D eigenvalue weighted by atomic mass is 16.3. The van der Waals surface area contributed by atoms with E-state index in [0.29, 0.717) is 6.04 Å². The van der Waals surface area contributed by atoms with Gasteiger partial charge in [0.1, 0.15) is 0 Å². The molecule has 1 unspecified atom stereocenters. The van der Waals surface area contributed by atoms with Gasteiger partial charge in [-0.05, 0) is 33.9 Å². The molecule has 1 aliphatic heterocycles. The molecule has 90 valence electrons. The van der Waals surface area contributed by atoms with Gasteiger partial charge in [0.15, 0.2) is 0 Å². The van der Waals surface area contributed by atoms with E-state index in [-0.39, 0.29) is 12.1 Å². The summed E-state index contributed by atoms with van der Waals surface area (Å²) >= 11 is 0. The van der Waals surface area contributed by atoms with Crippen LogP contribution in [0.3, 0.4) is 0 Å². The summed E-state index contributed by atoms with van der Waals surface area (Å²) in [4.78, 5) is 4.81. The van der Waals surface area contributed by atoms with Gasteiger partial charge in [-0.25, -0.2) is 0 Å². The van der Waals surface area contributed by atoms with Gasteiger partial charge in [-0.15, -0.1) is 0 Å². The fourth-order valence-corrected chi connectivity index (χ4v) is 2.42. The Labute approximate surface area is 94.1 Å². The molecular weight excluding hydrogens is 188 g/mol. The summed E-state index contributed by atoms with van der Waals surface area (Å²) in [7, 11) is 2.11. The monoisotopic (exact) mass is 214 g/mol. The van der Waals surface area contributed by atoms with Crippen LogP contribution in [-0.4, -0.2) is 59.8 Å². The Hall–Kier alpha value is -0.120. The molecule has 1 saturated heterocycles. The number of rotatable bonds is 4. The van der Waals surface area contributed by atoms with Gasteiger partial charge < -0.3 is 5.11 Å². The van der Waals surface area contributed by atoms with Crippen LogP contribution in [0.1, 0.15) is 33.6 Å². The normalized spacial score (nSPS) is 28.2. The lowest BCUT2D eigenvalue weighted by molar-refractivity contribution is -0.0225. The zero-order chi connectivity index (χ0) is 11.5. The third-order valence-electron chi connectivity index (χ3n) is 3.54. The van der Waals surface area contributed by atoms with Gasteiger partial charge >= 0.3 is 0 Å². The van der Waals surface area contributed by atoms with Crippen molar-refractivity contribution in [1.82, 2.24) is 9.80 Å². The molecule has 1 aliphatic rings. The fraction of sp³-hybridized carbons (Fsp3) is 1.00. The van der Waals surface area contributed by atoms with Gasteiger partial charge in [0.05, 0.1) is 6.61 Å². The van der Waals surface area contributed by atoms with Gasteiger partial charge in [0, 0.05) is 24.7 Å². The molecule has 1 atom stereocenters. The lowest BCUT2D eigenvalue weighted by atomic mass is 9.95. The summed E-state index contributed by atoms with van der Waals surface area (Å²) in [5.74, 6) is 0. The average molecular weight is 214 g/mol. The molecule has 0 aromatic rings. The van der Waals surface area contributed by atoms with E-state index in [4.69, 9.17) is 0 Å². The number of hydrogen-bond donors (Lipinski definition) is 1. The summed E-state index contributed by atoms with van der Waals surface area (Å²) in [5.41, 5.74) is 0.246. The van der Waals surface area contributed by atoms with E-state index in [0.717, 1.165) is 19.6 Å². The second-order valence-corrected chi connectivity index (χ2v) is 5.36. The van der Waals surface area contributed by atoms with Crippen LogP contribution in [-0.2, 0) is 0 Å². The first-order valence-electron chi connectivity index (χ1n) is 6.07. The highest BCUT2D eigenvalue weighted by Crippen LogP contribution is 2.23. The topological polar surface area (TPSA) is 26.7 Å². The minimum atomic E-state index is 0.246. The van der Waals surface area contributed by atoms with Crippen molar-refractivity contribution in [3.05, 3.63) is 0 Å². The van der Waals surface area contributed by atoms with Gasteiger partial charge in [-0.3, -0.25) is 9.80 Å². The zero-order valence-electron chi connectivity index (χ0n) is 10.7. The molecule has 0 spiro atoms. The van der Waals surface area contributed by atoms with Crippen molar-refractivity contribution < 1.29 is 5.11 Å². The number of hydrogen-bond acceptors (Lipinski definition) is 3. The molecule has 3 nitrogen and oxygen atoms in total. The predicted octanol–water partition coefficient (Wildman–Crippen LogP) is 1.17. The van der Waals surface area contributed by atoms with Crippen LogP contribution in [0.15, 0.2) is 0 Å². The van der Waals surface area contributed by atoms with E-state index < -0.39 is 0 Å². The maximum absolute atomic E-state index is 9.31. The molecule has 0 radical (unpaired) electrons. The number of aliphatic hydroxyl groups excluding tert-OH is 1. The van der Waals surface area contributed by atoms with Gasteiger partial charge in [0.2, 0.25) is 0 Å². The van der Waals surface area contributed by atoms with E-state index in [2.05, 4.69) is 37.6 Å². The number of aliphatic hydroxyl groups is 1. The number of nitrogens with zero attached hydrogens (tertiary/aromatic N) is 2. The van der Waals surface area contributed by atoms with Crippen LogP contribution in [0, 0.1) is 0 Å². The van der Waals surface area contributed by atoms with Crippen molar-refractivity contribution >= 4 is 0 Å². The number of likely N-dealkylation sites (N-methyl/N-ethyl adjacent to an activating group) is 1. The van der Waals surface area contributed by atoms with E-state index in [1.165, 1.54) is 12.8 Å². The Morgan fingerprint density at radius 2 is 2.07 bits per heavy atom. The predicted molar refractivity (Wildman–Crippen MR) is 64.1 cm³/mol. The Morgan fingerprint density at radius 1 is 1.40 bits per heavy atom. The Kier molecular flexibility index (Phi) is 4.56. The smallest absolute Gasteiger partial charge is 0.0599 e. The largest absolute Gasteiger partial charge is 0.395 e. The van der Waals surface area contributed by atoms with Crippen molar-refractivity contribution in [2.45, 2.75) is 45.2 Å². The first kappa shape index (κ1) is 12.9. The van der Waals surface area contributed by atoms with Crippen molar-refractivity contribution in [3.63, 3.8) is 0 Å². The lowest BCUT2D eigenvalue weighted by Crippen LogP contribution is -2.63. The standard InChI is InChI=1S/C12H26N2O/c1-5-6-7-14-8-11(9-15)13(4)10-12(14,2)3/h11,15H,5-10H2,1-4H3. The van der Waals surface area contributed by atoms with Crippen LogP contribution in [0.5, 0.6) is 0 Å². The molecule has 1 rings (SSSR count). The fourth-order valence-electron chi connectivity index (χ4n) is 2.42. The van der Waals surface area contributed by atoms with E-state index >= 15 is 0 Å². The molecule has 15 heavy (non-hydrogen) atoms. The van der Waals surface area contributed by atoms with Crippen LogP contribution in [0.4, 0.5) is 0 Å². The molecule has 0 aromatic carbocycles. The first-order chi connectivity index (χ1) is 7.01. The van der Waals surface area contributed by atoms with Crippen LogP contribution in [0.25, 0.3) is 0 Å². The quantitative estimate of drug-likeness (QED) is 0.761. The Balaban J connectivity index is 2.59. The van der Waals surface area contributed by atoms with E-state index in [9.17, 15) is 5.11 Å². The minimum Gasteiger partial charge on any atom is -0.395 e. The van der Waals surface area contributed by atoms with E-state index in [1.807, 2.05) is 0 Å². The summed E-state index contributed by atoms with van der Waals surface area (Å²) in [6, 6.07) is 0.315. The lowest BCUT2D eigenvalue weighted by Gasteiger charge is -2.49. The van der Waals surface area contributed by atoms with Crippen LogP contribution < -0.4 is 0 Å². The molecule has 0 saturated carbocycles. The number of piperazine rings is 1. The van der Waals surface area contributed by atoms with Gasteiger partial charge in [-0.1, -0.05) is 13.3 Å². The summed E-state index contributed by atoms with van der Waals surface area (Å²) < 4.78 is 0. The Morgan fingerprint density at radius 3 is 2.60 bits per heavy atom. The average Bonchev–Trinajstić information content (AvgIpc) is 2.15. The van der Waals surface area contributed by atoms with Crippen molar-refractivity contribution in [3.8, 4) is 0 Å². The maximum atomic E-state index is 9.31. The van der Waals surface area contributed by atoms with Crippen LogP contribution in [0.2, 0.25) is 0 Å². The van der Waals surface area contributed by atoms with Crippen LogP contribution >= 0.6 is 0 Å². The minimum absolute atomic E-state index is 0.246. The molecule has 0 bridgehead atoms. The molecule has 1 fully saturated rings. The Bertz CT molecular complexity index is 194. The highest BCUT2D eigenvalue weighted by molar-refractivity contribution is 4.93. The highest BCUT2D eigenvalue weighted by Gasteiger charge is 2.36. The molecule has 1 heterocycles. The van der Waals surface area contributed by atoms with E-state index in [1.54, 1.807) is 0 Å². The summed E-state index contributed by atoms with van der Waals surface area (Å²) in [5, 5.41) is 9.31. The number of unbranched alkanes of at least 4 members (excludes halogenated alkanes) is 1. The molecule has 0 aliphatic carbocycles.